The first-order chi connectivity index (χ1) is 10.8. The van der Waals surface area contributed by atoms with Gasteiger partial charge < -0.3 is 9.64 Å². The van der Waals surface area contributed by atoms with Gasteiger partial charge in [-0.1, -0.05) is 6.07 Å². The van der Waals surface area contributed by atoms with E-state index in [1.165, 1.54) is 12.8 Å². The van der Waals surface area contributed by atoms with Crippen molar-refractivity contribution in [1.29, 1.82) is 0 Å². The van der Waals surface area contributed by atoms with E-state index in [4.69, 9.17) is 4.74 Å². The molecule has 3 heterocycles. The Morgan fingerprint density at radius 1 is 1.18 bits per heavy atom. The van der Waals surface area contributed by atoms with Gasteiger partial charge in [-0.25, -0.2) is 0 Å². The van der Waals surface area contributed by atoms with Crippen LogP contribution in [0.15, 0.2) is 36.5 Å². The lowest BCUT2D eigenvalue weighted by atomic mass is 10.1. The number of fused-ring (bicyclic) bond motifs is 2. The Labute approximate surface area is 130 Å². The monoisotopic (exact) mass is 296 g/mol. The summed E-state index contributed by atoms with van der Waals surface area (Å²) in [7, 11) is 0. The Bertz CT molecular complexity index is 631. The first kappa shape index (κ1) is 13.6. The first-order valence-electron chi connectivity index (χ1n) is 7.90. The van der Waals surface area contributed by atoms with Gasteiger partial charge in [0.1, 0.15) is 0 Å². The molecule has 4 rings (SSSR count). The van der Waals surface area contributed by atoms with Gasteiger partial charge >= 0.3 is 0 Å². The minimum Gasteiger partial charge on any atom is -0.369 e. The highest BCUT2D eigenvalue weighted by molar-refractivity contribution is 5.42. The van der Waals surface area contributed by atoms with Crippen LogP contribution in [0, 0.1) is 12.8 Å². The van der Waals surface area contributed by atoms with E-state index in [-0.39, 0.29) is 6.10 Å². The van der Waals surface area contributed by atoms with Crippen molar-refractivity contribution in [2.24, 2.45) is 5.92 Å². The van der Waals surface area contributed by atoms with E-state index in [0.29, 0.717) is 18.6 Å². The fourth-order valence-electron chi connectivity index (χ4n) is 3.66. The molecule has 2 aliphatic rings. The molecule has 1 aliphatic heterocycles. The number of anilines is 1. The van der Waals surface area contributed by atoms with E-state index in [9.17, 15) is 0 Å². The summed E-state index contributed by atoms with van der Waals surface area (Å²) >= 11 is 0. The molecule has 2 fully saturated rings. The summed E-state index contributed by atoms with van der Waals surface area (Å²) in [6.07, 6.45) is 4.52. The number of piperidine rings is 1. The Kier molecular flexibility index (Phi) is 3.50. The highest BCUT2D eigenvalue weighted by Gasteiger charge is 2.48. The van der Waals surface area contributed by atoms with Gasteiger partial charge in [-0.2, -0.15) is 5.10 Å². The van der Waals surface area contributed by atoms with Crippen LogP contribution in [0.4, 0.5) is 5.82 Å². The molecule has 22 heavy (non-hydrogen) atoms. The minimum atomic E-state index is 0.283. The number of pyridine rings is 1. The molecule has 1 saturated heterocycles. The largest absolute Gasteiger partial charge is 0.369 e. The molecule has 2 aromatic rings. The van der Waals surface area contributed by atoms with Crippen molar-refractivity contribution in [3.63, 3.8) is 0 Å². The molecule has 1 aliphatic carbocycles. The Hall–Kier alpha value is -2.01. The zero-order valence-corrected chi connectivity index (χ0v) is 12.7. The van der Waals surface area contributed by atoms with Gasteiger partial charge in [0, 0.05) is 18.7 Å². The number of rotatable bonds is 4. The number of nitrogens with zero attached hydrogens (tertiary/aromatic N) is 4. The van der Waals surface area contributed by atoms with Crippen LogP contribution >= 0.6 is 0 Å². The van der Waals surface area contributed by atoms with Crippen molar-refractivity contribution >= 4 is 5.82 Å². The second-order valence-corrected chi connectivity index (χ2v) is 6.19. The molecule has 5 nitrogen and oxygen atoms in total. The average molecular weight is 296 g/mol. The van der Waals surface area contributed by atoms with E-state index in [1.54, 1.807) is 0 Å². The molecule has 1 saturated carbocycles. The highest BCUT2D eigenvalue weighted by Crippen LogP contribution is 2.41. The summed E-state index contributed by atoms with van der Waals surface area (Å²) in [5, 5.41) is 8.52. The molecule has 0 spiro atoms. The Morgan fingerprint density at radius 3 is 2.91 bits per heavy atom. The van der Waals surface area contributed by atoms with Crippen LogP contribution in [0.2, 0.25) is 0 Å². The lowest BCUT2D eigenvalue weighted by molar-refractivity contribution is 0.0251. The number of hydrogen-bond acceptors (Lipinski definition) is 5. The number of ether oxygens (including phenoxy) is 1. The van der Waals surface area contributed by atoms with Crippen molar-refractivity contribution in [3.8, 4) is 0 Å². The summed E-state index contributed by atoms with van der Waals surface area (Å²) < 4.78 is 6.20. The van der Waals surface area contributed by atoms with Crippen LogP contribution in [-0.2, 0) is 11.3 Å². The third-order valence-corrected chi connectivity index (χ3v) is 4.74. The van der Waals surface area contributed by atoms with Crippen LogP contribution in [0.3, 0.4) is 0 Å². The summed E-state index contributed by atoms with van der Waals surface area (Å²) in [5.74, 6) is 1.57. The van der Waals surface area contributed by atoms with Crippen molar-refractivity contribution in [1.82, 2.24) is 15.2 Å². The van der Waals surface area contributed by atoms with Crippen LogP contribution in [0.25, 0.3) is 0 Å². The summed E-state index contributed by atoms with van der Waals surface area (Å²) in [6, 6.07) is 10.5. The maximum atomic E-state index is 6.20. The fraction of sp³-hybridized carbons (Fsp3) is 0.471. The molecule has 2 bridgehead atoms. The molecule has 0 amide bonds. The van der Waals surface area contributed by atoms with E-state index in [0.717, 1.165) is 23.8 Å². The maximum Gasteiger partial charge on any atom is 0.151 e. The second kappa shape index (κ2) is 5.65. The van der Waals surface area contributed by atoms with Gasteiger partial charge in [-0.05, 0) is 44.0 Å². The normalized spacial score (nSPS) is 26.6. The van der Waals surface area contributed by atoms with Crippen molar-refractivity contribution in [2.45, 2.75) is 38.5 Å². The molecule has 3 atom stereocenters. The Balaban J connectivity index is 1.45. The van der Waals surface area contributed by atoms with Crippen molar-refractivity contribution in [2.75, 3.05) is 11.4 Å². The van der Waals surface area contributed by atoms with E-state index in [2.05, 4.69) is 26.1 Å². The van der Waals surface area contributed by atoms with Gasteiger partial charge in [-0.15, -0.1) is 5.10 Å². The summed E-state index contributed by atoms with van der Waals surface area (Å²) in [5.41, 5.74) is 1.95. The summed E-state index contributed by atoms with van der Waals surface area (Å²) in [6.45, 7) is 3.58. The zero-order valence-electron chi connectivity index (χ0n) is 12.7. The topological polar surface area (TPSA) is 51.1 Å². The molecule has 3 unspecified atom stereocenters. The fourth-order valence-corrected chi connectivity index (χ4v) is 3.66. The Morgan fingerprint density at radius 2 is 2.14 bits per heavy atom. The number of aryl methyl sites for hydroxylation is 1. The molecule has 0 aromatic carbocycles. The third kappa shape index (κ3) is 2.46. The predicted molar refractivity (Wildman–Crippen MR) is 83.4 cm³/mol. The van der Waals surface area contributed by atoms with Crippen LogP contribution in [-0.4, -0.2) is 33.9 Å². The smallest absolute Gasteiger partial charge is 0.151 e. The molecule has 114 valence electrons. The van der Waals surface area contributed by atoms with Crippen LogP contribution < -0.4 is 4.90 Å². The van der Waals surface area contributed by atoms with E-state index in [1.807, 2.05) is 37.4 Å². The second-order valence-electron chi connectivity index (χ2n) is 6.19. The van der Waals surface area contributed by atoms with Gasteiger partial charge in [0.2, 0.25) is 0 Å². The molecule has 0 radical (unpaired) electrons. The maximum absolute atomic E-state index is 6.20. The van der Waals surface area contributed by atoms with Crippen molar-refractivity contribution in [3.05, 3.63) is 47.9 Å². The van der Waals surface area contributed by atoms with Gasteiger partial charge in [0.15, 0.2) is 5.82 Å². The molecule has 2 aromatic heterocycles. The van der Waals surface area contributed by atoms with E-state index >= 15 is 0 Å². The van der Waals surface area contributed by atoms with E-state index < -0.39 is 0 Å². The minimum absolute atomic E-state index is 0.283. The SMILES string of the molecule is Cc1ccc(N2CC3CCC2C3OCc2ccccn2)nn1. The average Bonchev–Trinajstić information content (AvgIpc) is 3.11. The number of hydrogen-bond donors (Lipinski definition) is 0. The number of aromatic nitrogens is 3. The lowest BCUT2D eigenvalue weighted by Crippen LogP contribution is -2.35. The standard InChI is InChI=1S/C17H20N4O/c1-12-5-8-16(20-19-12)21-10-13-6-7-15(21)17(13)22-11-14-4-2-3-9-18-14/h2-5,8-9,13,15,17H,6-7,10-11H2,1H3. The van der Waals surface area contributed by atoms with Gasteiger partial charge in [-0.3, -0.25) is 4.98 Å². The first-order valence-corrected chi connectivity index (χ1v) is 7.90. The van der Waals surface area contributed by atoms with Crippen LogP contribution in [0.1, 0.15) is 24.2 Å². The predicted octanol–water partition coefficient (Wildman–Crippen LogP) is 2.36. The van der Waals surface area contributed by atoms with Crippen molar-refractivity contribution < 1.29 is 4.74 Å². The van der Waals surface area contributed by atoms with Crippen LogP contribution in [0.5, 0.6) is 0 Å². The molecule has 5 heteroatoms. The molecular weight excluding hydrogens is 276 g/mol. The zero-order chi connectivity index (χ0) is 14.9. The molecule has 0 N–H and O–H groups in total. The lowest BCUT2D eigenvalue weighted by Gasteiger charge is -2.27. The van der Waals surface area contributed by atoms with Gasteiger partial charge in [0.25, 0.3) is 0 Å². The third-order valence-electron chi connectivity index (χ3n) is 4.74. The quantitative estimate of drug-likeness (QED) is 0.867. The highest BCUT2D eigenvalue weighted by atomic mass is 16.5. The molecular formula is C17H20N4O. The summed E-state index contributed by atoms with van der Waals surface area (Å²) in [4.78, 5) is 6.70. The van der Waals surface area contributed by atoms with Gasteiger partial charge in [0.05, 0.1) is 30.1 Å².